The minimum absolute atomic E-state index is 0. The van der Waals surface area contributed by atoms with Gasteiger partial charge in [0, 0.05) is 23.2 Å². The first-order chi connectivity index (χ1) is 8.45. The molecule has 0 spiro atoms. The van der Waals surface area contributed by atoms with Gasteiger partial charge in [-0.3, -0.25) is 4.98 Å². The van der Waals surface area contributed by atoms with Gasteiger partial charge in [0.15, 0.2) is 0 Å². The van der Waals surface area contributed by atoms with Crippen LogP contribution in [-0.2, 0) is 19.5 Å². The molecule has 18 heavy (non-hydrogen) atoms. The van der Waals surface area contributed by atoms with E-state index in [9.17, 15) is 0 Å². The summed E-state index contributed by atoms with van der Waals surface area (Å²) in [6.07, 6.45) is 5.30. The Balaban J connectivity index is 0.000001000. The molecule has 0 bridgehead atoms. The first-order valence-corrected chi connectivity index (χ1v) is 5.39. The number of nitrogens with zero attached hydrogens (tertiary/aromatic N) is 3. The van der Waals surface area contributed by atoms with Crippen LogP contribution in [0.3, 0.4) is 0 Å². The van der Waals surface area contributed by atoms with Crippen molar-refractivity contribution >= 4 is 32.8 Å². The molecule has 0 saturated carbocycles. The summed E-state index contributed by atoms with van der Waals surface area (Å²) in [5.74, 6) is 0. The Morgan fingerprint density at radius 1 is 0.833 bits per heavy atom. The first kappa shape index (κ1) is 11.2. The Labute approximate surface area is 115 Å². The van der Waals surface area contributed by atoms with Crippen LogP contribution in [0.5, 0.6) is 0 Å². The fourth-order valence-electron chi connectivity index (χ4n) is 2.29. The number of aromatic amines is 1. The number of aromatic nitrogens is 4. The molecule has 4 aromatic rings. The van der Waals surface area contributed by atoms with Crippen molar-refractivity contribution in [3.8, 4) is 0 Å². The molecule has 5 heteroatoms. The number of benzene rings is 1. The number of fused-ring (bicyclic) bond motifs is 6. The van der Waals surface area contributed by atoms with Gasteiger partial charge in [-0.05, 0) is 24.3 Å². The van der Waals surface area contributed by atoms with Gasteiger partial charge >= 0.3 is 19.5 Å². The first-order valence-electron chi connectivity index (χ1n) is 5.39. The van der Waals surface area contributed by atoms with E-state index in [0.29, 0.717) is 0 Å². The monoisotopic (exact) mass is 322 g/mol. The summed E-state index contributed by atoms with van der Waals surface area (Å²) in [4.78, 5) is 16.4. The number of pyridine rings is 2. The van der Waals surface area contributed by atoms with Crippen LogP contribution in [0.4, 0.5) is 0 Å². The Morgan fingerprint density at radius 3 is 2.50 bits per heavy atom. The molecule has 1 N–H and O–H groups in total. The van der Waals surface area contributed by atoms with Crippen molar-refractivity contribution in [3.05, 3.63) is 43.0 Å². The summed E-state index contributed by atoms with van der Waals surface area (Å²) in [5.41, 5.74) is 3.80. The zero-order valence-corrected chi connectivity index (χ0v) is 11.0. The van der Waals surface area contributed by atoms with Gasteiger partial charge in [-0.2, -0.15) is 0 Å². The van der Waals surface area contributed by atoms with Crippen LogP contribution in [0.15, 0.2) is 43.0 Å². The quantitative estimate of drug-likeness (QED) is 0.400. The van der Waals surface area contributed by atoms with E-state index in [-0.39, 0.29) is 19.5 Å². The van der Waals surface area contributed by atoms with Crippen molar-refractivity contribution in [1.29, 1.82) is 0 Å². The van der Waals surface area contributed by atoms with Gasteiger partial charge in [0.2, 0.25) is 0 Å². The van der Waals surface area contributed by atoms with Gasteiger partial charge in [-0.15, -0.1) is 0 Å². The predicted molar refractivity (Wildman–Crippen MR) is 66.7 cm³/mol. The molecule has 0 fully saturated rings. The van der Waals surface area contributed by atoms with E-state index in [4.69, 9.17) is 0 Å². The van der Waals surface area contributed by atoms with E-state index in [1.54, 1.807) is 12.5 Å². The maximum absolute atomic E-state index is 4.44. The average Bonchev–Trinajstić information content (AvgIpc) is 2.89. The van der Waals surface area contributed by atoms with Gasteiger partial charge in [0.25, 0.3) is 0 Å². The van der Waals surface area contributed by atoms with E-state index in [1.807, 2.05) is 30.5 Å². The summed E-state index contributed by atoms with van der Waals surface area (Å²) in [5, 5.41) is 2.10. The van der Waals surface area contributed by atoms with Crippen LogP contribution in [-0.4, -0.2) is 19.9 Å². The summed E-state index contributed by atoms with van der Waals surface area (Å²) >= 11 is 0. The molecule has 0 aliphatic carbocycles. The second-order valence-electron chi connectivity index (χ2n) is 3.93. The molecular weight excluding hydrogens is 313 g/mol. The minimum Gasteiger partial charge on any atom is -0.359 e. The van der Waals surface area contributed by atoms with E-state index < -0.39 is 0 Å². The smallest absolute Gasteiger partial charge is 0.359 e. The summed E-state index contributed by atoms with van der Waals surface area (Å²) in [7, 11) is 0. The normalized spacial score (nSPS) is 10.9. The van der Waals surface area contributed by atoms with Crippen LogP contribution >= 0.6 is 0 Å². The minimum atomic E-state index is 0. The molecule has 0 radical (unpaired) electrons. The second kappa shape index (κ2) is 4.11. The Kier molecular flexibility index (Phi) is 2.56. The number of rotatable bonds is 0. The molecule has 0 aliphatic heterocycles. The summed E-state index contributed by atoms with van der Waals surface area (Å²) in [6, 6.07) is 7.95. The van der Waals surface area contributed by atoms with Gasteiger partial charge < -0.3 is 4.98 Å². The van der Waals surface area contributed by atoms with E-state index in [0.717, 1.165) is 32.8 Å². The van der Waals surface area contributed by atoms with Gasteiger partial charge in [0.05, 0.1) is 11.0 Å². The number of H-pyrrole nitrogens is 1. The average molecular weight is 321 g/mol. The molecule has 0 unspecified atom stereocenters. The van der Waals surface area contributed by atoms with E-state index in [2.05, 4.69) is 19.9 Å². The Hall–Kier alpha value is -1.87. The molecule has 86 valence electrons. The Bertz CT molecular complexity index is 783. The van der Waals surface area contributed by atoms with E-state index in [1.165, 1.54) is 0 Å². The van der Waals surface area contributed by atoms with Gasteiger partial charge in [0.1, 0.15) is 17.4 Å². The SMILES string of the molecule is [Ru+2].c1cnc2c(c1)c1ncnc1c1ccc[nH]c12. The van der Waals surface area contributed by atoms with Crippen LogP contribution < -0.4 is 0 Å². The van der Waals surface area contributed by atoms with Crippen molar-refractivity contribution in [1.82, 2.24) is 19.9 Å². The molecule has 4 nitrogen and oxygen atoms in total. The molecule has 3 heterocycles. The third-order valence-electron chi connectivity index (χ3n) is 3.01. The molecule has 1 aromatic carbocycles. The second-order valence-corrected chi connectivity index (χ2v) is 3.93. The van der Waals surface area contributed by atoms with Crippen molar-refractivity contribution in [3.63, 3.8) is 0 Å². The van der Waals surface area contributed by atoms with E-state index >= 15 is 0 Å². The van der Waals surface area contributed by atoms with Crippen LogP contribution in [0, 0.1) is 0 Å². The summed E-state index contributed by atoms with van der Waals surface area (Å²) in [6.45, 7) is 0. The zero-order valence-electron chi connectivity index (χ0n) is 9.24. The molecule has 0 aliphatic rings. The largest absolute Gasteiger partial charge is 2.00 e. The van der Waals surface area contributed by atoms with Crippen molar-refractivity contribution in [2.24, 2.45) is 0 Å². The third kappa shape index (κ3) is 1.37. The third-order valence-corrected chi connectivity index (χ3v) is 3.01. The van der Waals surface area contributed by atoms with Crippen LogP contribution in [0.25, 0.3) is 32.8 Å². The predicted octanol–water partition coefficient (Wildman–Crippen LogP) is 2.66. The fourth-order valence-corrected chi connectivity index (χ4v) is 2.29. The molecule has 0 saturated heterocycles. The molecule has 0 amide bonds. The molecule has 4 rings (SSSR count). The zero-order chi connectivity index (χ0) is 11.2. The number of hydrogen-bond donors (Lipinski definition) is 1. The number of imidazole rings is 1. The van der Waals surface area contributed by atoms with Crippen molar-refractivity contribution in [2.75, 3.05) is 0 Å². The van der Waals surface area contributed by atoms with Crippen molar-refractivity contribution in [2.45, 2.75) is 0 Å². The maximum Gasteiger partial charge on any atom is 2.00 e. The summed E-state index contributed by atoms with van der Waals surface area (Å²) < 4.78 is 0. The number of hydrogen-bond acceptors (Lipinski definition) is 3. The fraction of sp³-hybridized carbons (Fsp3) is 0. The molecular formula is C13H8N4Ru+2. The van der Waals surface area contributed by atoms with Gasteiger partial charge in [-0.25, -0.2) is 9.97 Å². The molecule has 3 aromatic heterocycles. The molecule has 0 atom stereocenters. The number of nitrogens with one attached hydrogen (secondary N) is 1. The standard InChI is InChI=1S/C13H8N4.Ru/c1-3-8-10(14-5-1)11-9(4-2-6-15-11)13-12(8)16-7-17-13;/h1-7,14H;/q;+2. The van der Waals surface area contributed by atoms with Gasteiger partial charge in [-0.1, -0.05) is 0 Å². The topological polar surface area (TPSA) is 54.5 Å². The van der Waals surface area contributed by atoms with Crippen LogP contribution in [0.1, 0.15) is 0 Å². The van der Waals surface area contributed by atoms with Crippen LogP contribution in [0.2, 0.25) is 0 Å². The maximum atomic E-state index is 4.44. The van der Waals surface area contributed by atoms with Crippen molar-refractivity contribution < 1.29 is 19.5 Å². The Morgan fingerprint density at radius 2 is 1.61 bits per heavy atom.